The van der Waals surface area contributed by atoms with Crippen LogP contribution in [0.2, 0.25) is 0 Å². The highest BCUT2D eigenvalue weighted by molar-refractivity contribution is 5.92. The van der Waals surface area contributed by atoms with Crippen molar-refractivity contribution in [1.29, 1.82) is 0 Å². The normalized spacial score (nSPS) is 11.3. The number of aliphatic hydroxyl groups is 1. The minimum Gasteiger partial charge on any atom is -0.384 e. The molecule has 0 aliphatic rings. The molecule has 0 aliphatic carbocycles. The van der Waals surface area contributed by atoms with E-state index in [0.29, 0.717) is 11.3 Å². The van der Waals surface area contributed by atoms with Gasteiger partial charge in [0.1, 0.15) is 12.3 Å². The number of H-pyrrole nitrogens is 1. The van der Waals surface area contributed by atoms with Gasteiger partial charge in [0.15, 0.2) is 0 Å². The Balaban J connectivity index is 2.02. The minimum atomic E-state index is -0.264. The van der Waals surface area contributed by atoms with Crippen LogP contribution in [0.4, 0.5) is 0 Å². The number of carbonyl (C=O) groups excluding carboxylic acids is 1. The van der Waals surface area contributed by atoms with Crippen molar-refractivity contribution in [2.45, 2.75) is 13.0 Å². The van der Waals surface area contributed by atoms with E-state index in [1.807, 2.05) is 6.92 Å². The molecule has 20 heavy (non-hydrogen) atoms. The Labute approximate surface area is 116 Å². The molecule has 0 bridgehead atoms. The van der Waals surface area contributed by atoms with E-state index in [0.717, 1.165) is 5.56 Å². The molecule has 2 heterocycles. The number of nitrogens with one attached hydrogen (secondary N) is 2. The third-order valence-electron chi connectivity index (χ3n) is 2.67. The van der Waals surface area contributed by atoms with Gasteiger partial charge in [0.25, 0.3) is 5.91 Å². The zero-order valence-corrected chi connectivity index (χ0v) is 10.9. The first-order valence-corrected chi connectivity index (χ1v) is 6.06. The van der Waals surface area contributed by atoms with E-state index >= 15 is 0 Å². The Kier molecular flexibility index (Phi) is 4.47. The van der Waals surface area contributed by atoms with Gasteiger partial charge in [-0.2, -0.15) is 5.10 Å². The first-order chi connectivity index (χ1) is 9.70. The van der Waals surface area contributed by atoms with Crippen molar-refractivity contribution in [2.24, 2.45) is 0 Å². The third kappa shape index (κ3) is 3.43. The van der Waals surface area contributed by atoms with Gasteiger partial charge in [-0.05, 0) is 19.1 Å². The zero-order valence-electron chi connectivity index (χ0n) is 10.9. The highest BCUT2D eigenvalue weighted by Crippen LogP contribution is 2.10. The maximum atomic E-state index is 12.0. The Bertz CT molecular complexity index is 623. The van der Waals surface area contributed by atoms with Crippen molar-refractivity contribution in [3.8, 4) is 11.8 Å². The van der Waals surface area contributed by atoms with Crippen LogP contribution in [0.15, 0.2) is 30.7 Å². The summed E-state index contributed by atoms with van der Waals surface area (Å²) >= 11 is 0. The highest BCUT2D eigenvalue weighted by atomic mass is 16.2. The van der Waals surface area contributed by atoms with Gasteiger partial charge in [0.2, 0.25) is 0 Å². The summed E-state index contributed by atoms with van der Waals surface area (Å²) in [5, 5.41) is 18.0. The van der Waals surface area contributed by atoms with Crippen LogP contribution in [-0.2, 0) is 0 Å². The summed E-state index contributed by atoms with van der Waals surface area (Å²) in [6, 6.07) is 3.13. The zero-order chi connectivity index (χ0) is 14.4. The second-order valence-electron chi connectivity index (χ2n) is 4.12. The van der Waals surface area contributed by atoms with Gasteiger partial charge in [-0.15, -0.1) is 0 Å². The molecule has 2 rings (SSSR count). The van der Waals surface area contributed by atoms with Crippen LogP contribution in [0, 0.1) is 11.8 Å². The van der Waals surface area contributed by atoms with Gasteiger partial charge in [-0.25, -0.2) is 4.98 Å². The number of rotatable bonds is 3. The standard InChI is InChI=1S/C14H14N4O2/c1-10(12-8-16-17-9-12)18-14(20)13-5-4-11(7-15-13)3-2-6-19/h4-5,7-10,19H,6H2,1H3,(H,16,17)(H,18,20). The summed E-state index contributed by atoms with van der Waals surface area (Å²) in [5.41, 5.74) is 1.86. The fourth-order valence-electron chi connectivity index (χ4n) is 1.60. The van der Waals surface area contributed by atoms with Crippen molar-refractivity contribution < 1.29 is 9.90 Å². The number of aromatic amines is 1. The van der Waals surface area contributed by atoms with E-state index in [2.05, 4.69) is 32.3 Å². The van der Waals surface area contributed by atoms with E-state index in [4.69, 9.17) is 5.11 Å². The fourth-order valence-corrected chi connectivity index (χ4v) is 1.60. The molecule has 6 nitrogen and oxygen atoms in total. The quantitative estimate of drug-likeness (QED) is 0.714. The van der Waals surface area contributed by atoms with E-state index in [1.54, 1.807) is 24.5 Å². The number of aromatic nitrogens is 3. The maximum absolute atomic E-state index is 12.0. The molecule has 2 aromatic heterocycles. The Morgan fingerprint density at radius 1 is 1.50 bits per heavy atom. The average molecular weight is 270 g/mol. The molecule has 0 fully saturated rings. The summed E-state index contributed by atoms with van der Waals surface area (Å²) in [7, 11) is 0. The van der Waals surface area contributed by atoms with Crippen molar-refractivity contribution >= 4 is 5.91 Å². The predicted molar refractivity (Wildman–Crippen MR) is 72.7 cm³/mol. The van der Waals surface area contributed by atoms with Gasteiger partial charge in [0.05, 0.1) is 12.2 Å². The Hall–Kier alpha value is -2.65. The van der Waals surface area contributed by atoms with Crippen LogP contribution in [0.25, 0.3) is 0 Å². The molecule has 0 radical (unpaired) electrons. The summed E-state index contributed by atoms with van der Waals surface area (Å²) in [4.78, 5) is 16.0. The van der Waals surface area contributed by atoms with Crippen LogP contribution >= 0.6 is 0 Å². The number of hydrogen-bond acceptors (Lipinski definition) is 4. The van der Waals surface area contributed by atoms with Crippen molar-refractivity contribution in [3.05, 3.63) is 47.5 Å². The molecule has 0 saturated carbocycles. The van der Waals surface area contributed by atoms with Crippen LogP contribution in [0.5, 0.6) is 0 Å². The number of pyridine rings is 1. The molecule has 0 aromatic carbocycles. The number of carbonyl (C=O) groups is 1. The highest BCUT2D eigenvalue weighted by Gasteiger charge is 2.12. The summed E-state index contributed by atoms with van der Waals surface area (Å²) in [6.07, 6.45) is 4.89. The summed E-state index contributed by atoms with van der Waals surface area (Å²) in [5.74, 6) is 4.97. The fraction of sp³-hybridized carbons (Fsp3) is 0.214. The van der Waals surface area contributed by atoms with Crippen molar-refractivity contribution in [1.82, 2.24) is 20.5 Å². The monoisotopic (exact) mass is 270 g/mol. The molecule has 1 unspecified atom stereocenters. The molecular weight excluding hydrogens is 256 g/mol. The first kappa shape index (κ1) is 13.8. The lowest BCUT2D eigenvalue weighted by molar-refractivity contribution is 0.0935. The molecule has 0 aliphatic heterocycles. The maximum Gasteiger partial charge on any atom is 0.270 e. The number of nitrogens with zero attached hydrogens (tertiary/aromatic N) is 2. The molecule has 1 amide bonds. The van der Waals surface area contributed by atoms with Crippen LogP contribution in [0.3, 0.4) is 0 Å². The van der Waals surface area contributed by atoms with Gasteiger partial charge >= 0.3 is 0 Å². The number of aliphatic hydroxyl groups excluding tert-OH is 1. The molecule has 0 spiro atoms. The lowest BCUT2D eigenvalue weighted by Crippen LogP contribution is -2.27. The van der Waals surface area contributed by atoms with E-state index in [1.165, 1.54) is 6.20 Å². The lowest BCUT2D eigenvalue weighted by Gasteiger charge is -2.11. The Morgan fingerprint density at radius 3 is 2.95 bits per heavy atom. The molecular formula is C14H14N4O2. The molecule has 6 heteroatoms. The van der Waals surface area contributed by atoms with Gasteiger partial charge in [-0.1, -0.05) is 11.8 Å². The molecule has 0 saturated heterocycles. The van der Waals surface area contributed by atoms with Crippen LogP contribution in [-0.4, -0.2) is 32.8 Å². The minimum absolute atomic E-state index is 0.156. The van der Waals surface area contributed by atoms with E-state index in [9.17, 15) is 4.79 Å². The van der Waals surface area contributed by atoms with Crippen molar-refractivity contribution in [3.63, 3.8) is 0 Å². The summed E-state index contributed by atoms with van der Waals surface area (Å²) < 4.78 is 0. The SMILES string of the molecule is CC(NC(=O)c1ccc(C#CCO)cn1)c1cn[nH]c1. The Morgan fingerprint density at radius 2 is 2.35 bits per heavy atom. The van der Waals surface area contributed by atoms with Crippen LogP contribution in [0.1, 0.15) is 34.6 Å². The third-order valence-corrected chi connectivity index (χ3v) is 2.67. The molecule has 102 valence electrons. The second kappa shape index (κ2) is 6.50. The average Bonchev–Trinajstić information content (AvgIpc) is 3.00. The number of amides is 1. The van der Waals surface area contributed by atoms with Gasteiger partial charge in [0, 0.05) is 23.5 Å². The molecule has 3 N–H and O–H groups in total. The molecule has 1 atom stereocenters. The number of hydrogen-bond donors (Lipinski definition) is 3. The van der Waals surface area contributed by atoms with Gasteiger partial charge < -0.3 is 10.4 Å². The summed E-state index contributed by atoms with van der Waals surface area (Å²) in [6.45, 7) is 1.66. The predicted octanol–water partition coefficient (Wildman–Crippen LogP) is 0.639. The second-order valence-corrected chi connectivity index (χ2v) is 4.12. The lowest BCUT2D eigenvalue weighted by atomic mass is 10.2. The smallest absolute Gasteiger partial charge is 0.270 e. The van der Waals surface area contributed by atoms with Crippen molar-refractivity contribution in [2.75, 3.05) is 6.61 Å². The van der Waals surface area contributed by atoms with Crippen LogP contribution < -0.4 is 5.32 Å². The van der Waals surface area contributed by atoms with Gasteiger partial charge in [-0.3, -0.25) is 9.89 Å². The topological polar surface area (TPSA) is 90.9 Å². The van der Waals surface area contributed by atoms with E-state index in [-0.39, 0.29) is 18.6 Å². The molecule has 2 aromatic rings. The largest absolute Gasteiger partial charge is 0.384 e. The first-order valence-electron chi connectivity index (χ1n) is 6.06. The van der Waals surface area contributed by atoms with E-state index < -0.39 is 0 Å².